The number of furan rings is 1. The molecule has 0 radical (unpaired) electrons. The number of hydrogen-bond acceptors (Lipinski definition) is 4. The van der Waals surface area contributed by atoms with Crippen molar-refractivity contribution in [1.82, 2.24) is 10.2 Å². The van der Waals surface area contributed by atoms with Crippen LogP contribution < -0.4 is 5.32 Å². The Morgan fingerprint density at radius 3 is 2.50 bits per heavy atom. The van der Waals surface area contributed by atoms with Gasteiger partial charge in [-0.25, -0.2) is 0 Å². The van der Waals surface area contributed by atoms with Crippen LogP contribution in [0.1, 0.15) is 37.1 Å². The standard InChI is InChI=1S/C20H20N2O3S/c1-14-5-10-17(25-14)13-22(2)20(24)16-8-6-15(7-9-16)12-21-19(23)18-4-3-11-26-18/h3-11H,12-13H2,1-2H3,(H,21,23). The molecule has 5 nitrogen and oxygen atoms in total. The first kappa shape index (κ1) is 17.9. The van der Waals surface area contributed by atoms with Crippen LogP contribution >= 0.6 is 11.3 Å². The number of benzene rings is 1. The molecule has 0 saturated heterocycles. The van der Waals surface area contributed by atoms with Gasteiger partial charge in [-0.05, 0) is 48.2 Å². The van der Waals surface area contributed by atoms with Crippen LogP contribution in [0.3, 0.4) is 0 Å². The fourth-order valence-electron chi connectivity index (χ4n) is 2.54. The summed E-state index contributed by atoms with van der Waals surface area (Å²) in [7, 11) is 1.75. The molecule has 1 aromatic carbocycles. The average Bonchev–Trinajstić information content (AvgIpc) is 3.31. The second-order valence-electron chi connectivity index (χ2n) is 6.03. The summed E-state index contributed by atoms with van der Waals surface area (Å²) in [6.45, 7) is 2.72. The van der Waals surface area contributed by atoms with E-state index < -0.39 is 0 Å². The van der Waals surface area contributed by atoms with E-state index in [-0.39, 0.29) is 11.8 Å². The van der Waals surface area contributed by atoms with E-state index in [1.807, 2.05) is 42.6 Å². The third-order valence-electron chi connectivity index (χ3n) is 3.93. The van der Waals surface area contributed by atoms with Gasteiger partial charge in [0.2, 0.25) is 0 Å². The Kier molecular flexibility index (Phi) is 5.53. The zero-order valence-corrected chi connectivity index (χ0v) is 15.5. The molecule has 2 aromatic heterocycles. The molecular formula is C20H20N2O3S. The maximum atomic E-state index is 12.5. The fraction of sp³-hybridized carbons (Fsp3) is 0.200. The smallest absolute Gasteiger partial charge is 0.261 e. The molecule has 3 aromatic rings. The predicted octanol–water partition coefficient (Wildman–Crippen LogP) is 3.85. The van der Waals surface area contributed by atoms with Crippen molar-refractivity contribution >= 4 is 23.2 Å². The molecule has 2 amide bonds. The van der Waals surface area contributed by atoms with E-state index in [2.05, 4.69) is 5.32 Å². The minimum Gasteiger partial charge on any atom is -0.464 e. The van der Waals surface area contributed by atoms with Crippen LogP contribution in [0.15, 0.2) is 58.3 Å². The van der Waals surface area contributed by atoms with Gasteiger partial charge in [0, 0.05) is 19.2 Å². The summed E-state index contributed by atoms with van der Waals surface area (Å²) < 4.78 is 5.51. The number of aryl methyl sites for hydroxylation is 1. The van der Waals surface area contributed by atoms with Crippen LogP contribution in [0, 0.1) is 6.92 Å². The van der Waals surface area contributed by atoms with E-state index in [0.717, 1.165) is 17.1 Å². The number of rotatable bonds is 6. The van der Waals surface area contributed by atoms with Gasteiger partial charge >= 0.3 is 0 Å². The predicted molar refractivity (Wildman–Crippen MR) is 101 cm³/mol. The number of carbonyl (C=O) groups is 2. The first-order valence-electron chi connectivity index (χ1n) is 8.24. The SMILES string of the molecule is Cc1ccc(CN(C)C(=O)c2ccc(CNC(=O)c3cccs3)cc2)o1. The maximum Gasteiger partial charge on any atom is 0.261 e. The highest BCUT2D eigenvalue weighted by Gasteiger charge is 2.14. The first-order chi connectivity index (χ1) is 12.5. The number of hydrogen-bond donors (Lipinski definition) is 1. The summed E-state index contributed by atoms with van der Waals surface area (Å²) in [5, 5.41) is 4.74. The van der Waals surface area contributed by atoms with Crippen LogP contribution in [-0.2, 0) is 13.1 Å². The molecule has 0 atom stereocenters. The zero-order valence-electron chi connectivity index (χ0n) is 14.7. The highest BCUT2D eigenvalue weighted by Crippen LogP contribution is 2.13. The molecular weight excluding hydrogens is 348 g/mol. The molecule has 0 spiro atoms. The fourth-order valence-corrected chi connectivity index (χ4v) is 3.18. The molecule has 0 fully saturated rings. The van der Waals surface area contributed by atoms with Crippen molar-refractivity contribution in [2.24, 2.45) is 0 Å². The summed E-state index contributed by atoms with van der Waals surface area (Å²) >= 11 is 1.41. The van der Waals surface area contributed by atoms with Gasteiger partial charge in [-0.1, -0.05) is 18.2 Å². The van der Waals surface area contributed by atoms with Crippen molar-refractivity contribution < 1.29 is 14.0 Å². The molecule has 134 valence electrons. The molecule has 0 saturated carbocycles. The summed E-state index contributed by atoms with van der Waals surface area (Å²) in [6, 6.07) is 14.7. The Bertz CT molecular complexity index is 882. The third-order valence-corrected chi connectivity index (χ3v) is 4.80. The van der Waals surface area contributed by atoms with E-state index in [1.54, 1.807) is 30.1 Å². The molecule has 6 heteroatoms. The zero-order chi connectivity index (χ0) is 18.5. The Morgan fingerprint density at radius 1 is 1.12 bits per heavy atom. The third kappa shape index (κ3) is 4.40. The minimum atomic E-state index is -0.0892. The van der Waals surface area contributed by atoms with Crippen molar-refractivity contribution in [2.45, 2.75) is 20.0 Å². The van der Waals surface area contributed by atoms with E-state index in [4.69, 9.17) is 4.42 Å². The van der Waals surface area contributed by atoms with Gasteiger partial charge in [0.15, 0.2) is 0 Å². The van der Waals surface area contributed by atoms with Crippen LogP contribution in [0.4, 0.5) is 0 Å². The van der Waals surface area contributed by atoms with Gasteiger partial charge in [0.25, 0.3) is 11.8 Å². The van der Waals surface area contributed by atoms with Crippen LogP contribution in [-0.4, -0.2) is 23.8 Å². The highest BCUT2D eigenvalue weighted by atomic mass is 32.1. The lowest BCUT2D eigenvalue weighted by atomic mass is 10.1. The Labute approximate surface area is 156 Å². The summed E-state index contributed by atoms with van der Waals surface area (Å²) in [5.41, 5.74) is 1.54. The van der Waals surface area contributed by atoms with Crippen molar-refractivity contribution in [3.05, 3.63) is 81.4 Å². The largest absolute Gasteiger partial charge is 0.464 e. The lowest BCUT2D eigenvalue weighted by molar-refractivity contribution is 0.0774. The van der Waals surface area contributed by atoms with E-state index in [9.17, 15) is 9.59 Å². The van der Waals surface area contributed by atoms with Crippen LogP contribution in [0.5, 0.6) is 0 Å². The van der Waals surface area contributed by atoms with Crippen molar-refractivity contribution in [3.8, 4) is 0 Å². The monoisotopic (exact) mass is 368 g/mol. The topological polar surface area (TPSA) is 62.6 Å². The summed E-state index contributed by atoms with van der Waals surface area (Å²) in [6.07, 6.45) is 0. The number of nitrogens with one attached hydrogen (secondary N) is 1. The van der Waals surface area contributed by atoms with Gasteiger partial charge in [-0.2, -0.15) is 0 Å². The molecule has 0 bridgehead atoms. The molecule has 3 rings (SSSR count). The number of thiophene rings is 1. The normalized spacial score (nSPS) is 10.5. The molecule has 0 aliphatic heterocycles. The van der Waals surface area contributed by atoms with Gasteiger partial charge in [0.1, 0.15) is 11.5 Å². The Hall–Kier alpha value is -2.86. The van der Waals surface area contributed by atoms with Crippen molar-refractivity contribution in [3.63, 3.8) is 0 Å². The lowest BCUT2D eigenvalue weighted by Gasteiger charge is -2.16. The molecule has 0 unspecified atom stereocenters. The van der Waals surface area contributed by atoms with Gasteiger partial charge in [-0.15, -0.1) is 11.3 Å². The van der Waals surface area contributed by atoms with E-state index in [0.29, 0.717) is 23.5 Å². The lowest BCUT2D eigenvalue weighted by Crippen LogP contribution is -2.26. The highest BCUT2D eigenvalue weighted by molar-refractivity contribution is 7.12. The van der Waals surface area contributed by atoms with E-state index in [1.165, 1.54) is 11.3 Å². The van der Waals surface area contributed by atoms with E-state index >= 15 is 0 Å². The molecule has 26 heavy (non-hydrogen) atoms. The molecule has 1 N–H and O–H groups in total. The molecule has 2 heterocycles. The van der Waals surface area contributed by atoms with Crippen molar-refractivity contribution in [2.75, 3.05) is 7.05 Å². The first-order valence-corrected chi connectivity index (χ1v) is 9.12. The Morgan fingerprint density at radius 2 is 1.88 bits per heavy atom. The van der Waals surface area contributed by atoms with Crippen LogP contribution in [0.25, 0.3) is 0 Å². The van der Waals surface area contributed by atoms with Crippen molar-refractivity contribution in [1.29, 1.82) is 0 Å². The van der Waals surface area contributed by atoms with Crippen LogP contribution in [0.2, 0.25) is 0 Å². The number of nitrogens with zero attached hydrogens (tertiary/aromatic N) is 1. The molecule has 0 aliphatic rings. The van der Waals surface area contributed by atoms with Gasteiger partial charge in [-0.3, -0.25) is 9.59 Å². The Balaban J connectivity index is 1.56. The quantitative estimate of drug-likeness (QED) is 0.719. The minimum absolute atomic E-state index is 0.0757. The van der Waals surface area contributed by atoms with Gasteiger partial charge < -0.3 is 14.6 Å². The second kappa shape index (κ2) is 8.01. The molecule has 0 aliphatic carbocycles. The average molecular weight is 368 g/mol. The second-order valence-corrected chi connectivity index (χ2v) is 6.98. The maximum absolute atomic E-state index is 12.5. The van der Waals surface area contributed by atoms with Gasteiger partial charge in [0.05, 0.1) is 11.4 Å². The summed E-state index contributed by atoms with van der Waals surface area (Å²) in [5.74, 6) is 1.42. The number of amides is 2. The summed E-state index contributed by atoms with van der Waals surface area (Å²) in [4.78, 5) is 26.8. The number of carbonyl (C=O) groups excluding carboxylic acids is 2.